The number of hydrogen-bond acceptors (Lipinski definition) is 5. The minimum atomic E-state index is -3.58. The average molecular weight is 392 g/mol. The molecule has 2 aromatic rings. The van der Waals surface area contributed by atoms with Crippen molar-refractivity contribution in [3.63, 3.8) is 0 Å². The molecule has 0 radical (unpaired) electrons. The fourth-order valence-corrected chi connectivity index (χ4v) is 3.55. The molecule has 0 heterocycles. The number of amides is 1. The molecule has 0 atom stereocenters. The maximum atomic E-state index is 12.5. The molecule has 2 aromatic carbocycles. The Morgan fingerprint density at radius 3 is 2.15 bits per heavy atom. The van der Waals surface area contributed by atoms with Gasteiger partial charge in [0.1, 0.15) is 0 Å². The number of para-hydroxylation sites is 1. The van der Waals surface area contributed by atoms with E-state index in [-0.39, 0.29) is 18.9 Å². The zero-order valence-electron chi connectivity index (χ0n) is 15.9. The molecule has 0 aliphatic rings. The summed E-state index contributed by atoms with van der Waals surface area (Å²) in [5.41, 5.74) is 1.16. The molecular formula is C19H24N2O5S. The van der Waals surface area contributed by atoms with Crippen LogP contribution < -0.4 is 18.7 Å². The van der Waals surface area contributed by atoms with E-state index in [0.717, 1.165) is 11.9 Å². The molecule has 0 unspecified atom stereocenters. The maximum absolute atomic E-state index is 12.5. The molecule has 0 aliphatic carbocycles. The summed E-state index contributed by atoms with van der Waals surface area (Å²) >= 11 is 0. The summed E-state index contributed by atoms with van der Waals surface area (Å²) in [4.78, 5) is 14.0. The first-order valence-electron chi connectivity index (χ1n) is 8.29. The fraction of sp³-hybridized carbons (Fsp3) is 0.316. The number of sulfonamides is 1. The van der Waals surface area contributed by atoms with Crippen molar-refractivity contribution in [3.05, 3.63) is 48.5 Å². The standard InChI is InChI=1S/C19H24N2O5S/c1-20(15-8-6-5-7-9-15)19(22)12-13-21(27(4,23)24)16-10-11-17(25-2)18(14-16)26-3/h5-11,14H,12-13H2,1-4H3. The third-order valence-electron chi connectivity index (χ3n) is 4.10. The van der Waals surface area contributed by atoms with Crippen molar-refractivity contribution < 1.29 is 22.7 Å². The quantitative estimate of drug-likeness (QED) is 0.690. The molecule has 0 spiro atoms. The van der Waals surface area contributed by atoms with Crippen molar-refractivity contribution in [2.75, 3.05) is 43.3 Å². The number of rotatable bonds is 8. The van der Waals surface area contributed by atoms with Crippen LogP contribution in [-0.2, 0) is 14.8 Å². The van der Waals surface area contributed by atoms with Gasteiger partial charge >= 0.3 is 0 Å². The van der Waals surface area contributed by atoms with Crippen LogP contribution in [0.15, 0.2) is 48.5 Å². The number of hydrogen-bond donors (Lipinski definition) is 0. The van der Waals surface area contributed by atoms with Gasteiger partial charge in [0, 0.05) is 31.8 Å². The summed E-state index contributed by atoms with van der Waals surface area (Å²) in [6, 6.07) is 14.0. The van der Waals surface area contributed by atoms with E-state index in [1.54, 1.807) is 25.2 Å². The number of methoxy groups -OCH3 is 2. The largest absolute Gasteiger partial charge is 0.493 e. The lowest BCUT2D eigenvalue weighted by atomic mass is 10.2. The molecule has 0 N–H and O–H groups in total. The van der Waals surface area contributed by atoms with E-state index in [2.05, 4.69) is 0 Å². The zero-order chi connectivity index (χ0) is 20.0. The van der Waals surface area contributed by atoms with Gasteiger partial charge in [0.2, 0.25) is 15.9 Å². The maximum Gasteiger partial charge on any atom is 0.232 e. The first-order chi connectivity index (χ1) is 12.8. The summed E-state index contributed by atoms with van der Waals surface area (Å²) in [5.74, 6) is 0.723. The zero-order valence-corrected chi connectivity index (χ0v) is 16.7. The topological polar surface area (TPSA) is 76.2 Å². The van der Waals surface area contributed by atoms with E-state index < -0.39 is 10.0 Å². The highest BCUT2D eigenvalue weighted by Crippen LogP contribution is 2.32. The third-order valence-corrected chi connectivity index (χ3v) is 5.30. The molecule has 2 rings (SSSR count). The van der Waals surface area contributed by atoms with E-state index in [0.29, 0.717) is 17.2 Å². The molecule has 146 valence electrons. The van der Waals surface area contributed by atoms with Gasteiger partial charge in [0.15, 0.2) is 11.5 Å². The molecule has 1 amide bonds. The summed E-state index contributed by atoms with van der Waals surface area (Å²) in [6.07, 6.45) is 1.14. The molecule has 0 aliphatic heterocycles. The van der Waals surface area contributed by atoms with Gasteiger partial charge in [-0.25, -0.2) is 8.42 Å². The van der Waals surface area contributed by atoms with Crippen LogP contribution in [0.3, 0.4) is 0 Å². The Bertz CT molecular complexity index is 884. The van der Waals surface area contributed by atoms with Crippen molar-refractivity contribution in [1.29, 1.82) is 0 Å². The van der Waals surface area contributed by atoms with E-state index in [4.69, 9.17) is 9.47 Å². The van der Waals surface area contributed by atoms with E-state index in [1.165, 1.54) is 23.4 Å². The van der Waals surface area contributed by atoms with Gasteiger partial charge < -0.3 is 14.4 Å². The molecule has 0 saturated heterocycles. The minimum absolute atomic E-state index is 0.0182. The molecule has 0 fully saturated rings. The molecule has 0 bridgehead atoms. The van der Waals surface area contributed by atoms with Crippen LogP contribution in [0.5, 0.6) is 11.5 Å². The number of nitrogens with zero attached hydrogens (tertiary/aromatic N) is 2. The average Bonchev–Trinajstić information content (AvgIpc) is 2.66. The van der Waals surface area contributed by atoms with Crippen LogP contribution in [0, 0.1) is 0 Å². The Kier molecular flexibility index (Phi) is 6.68. The van der Waals surface area contributed by atoms with Crippen molar-refractivity contribution in [2.24, 2.45) is 0 Å². The lowest BCUT2D eigenvalue weighted by Gasteiger charge is -2.24. The number of benzene rings is 2. The second-order valence-corrected chi connectivity index (χ2v) is 7.82. The smallest absolute Gasteiger partial charge is 0.232 e. The highest BCUT2D eigenvalue weighted by atomic mass is 32.2. The molecule has 7 nitrogen and oxygen atoms in total. The normalized spacial score (nSPS) is 11.0. The monoisotopic (exact) mass is 392 g/mol. The molecule has 27 heavy (non-hydrogen) atoms. The van der Waals surface area contributed by atoms with Gasteiger partial charge in [0.25, 0.3) is 0 Å². The SMILES string of the molecule is COc1ccc(N(CCC(=O)N(C)c2ccccc2)S(C)(=O)=O)cc1OC. The van der Waals surface area contributed by atoms with Crippen LogP contribution in [0.2, 0.25) is 0 Å². The van der Waals surface area contributed by atoms with Gasteiger partial charge in [-0.3, -0.25) is 9.10 Å². The Morgan fingerprint density at radius 2 is 1.59 bits per heavy atom. The van der Waals surface area contributed by atoms with Gasteiger partial charge in [-0.15, -0.1) is 0 Å². The van der Waals surface area contributed by atoms with E-state index in [1.807, 2.05) is 30.3 Å². The first kappa shape index (κ1) is 20.6. The summed E-state index contributed by atoms with van der Waals surface area (Å²) in [6.45, 7) is 0.0182. The van der Waals surface area contributed by atoms with Crippen LogP contribution in [0.25, 0.3) is 0 Å². The van der Waals surface area contributed by atoms with E-state index >= 15 is 0 Å². The van der Waals surface area contributed by atoms with Crippen LogP contribution >= 0.6 is 0 Å². The summed E-state index contributed by atoms with van der Waals surface area (Å²) in [7, 11) is 1.06. The minimum Gasteiger partial charge on any atom is -0.493 e. The first-order valence-corrected chi connectivity index (χ1v) is 10.1. The van der Waals surface area contributed by atoms with Crippen LogP contribution in [0.1, 0.15) is 6.42 Å². The molecule has 0 aromatic heterocycles. The van der Waals surface area contributed by atoms with Crippen LogP contribution in [0.4, 0.5) is 11.4 Å². The Morgan fingerprint density at radius 1 is 0.963 bits per heavy atom. The summed E-state index contributed by atoms with van der Waals surface area (Å²) < 4.78 is 36.1. The Hall–Kier alpha value is -2.74. The van der Waals surface area contributed by atoms with E-state index in [9.17, 15) is 13.2 Å². The van der Waals surface area contributed by atoms with Crippen LogP contribution in [-0.4, -0.2) is 48.4 Å². The lowest BCUT2D eigenvalue weighted by molar-refractivity contribution is -0.118. The Balaban J connectivity index is 2.20. The molecule has 8 heteroatoms. The number of carbonyl (C=O) groups is 1. The second kappa shape index (κ2) is 8.77. The van der Waals surface area contributed by atoms with Gasteiger partial charge in [-0.2, -0.15) is 0 Å². The van der Waals surface area contributed by atoms with Crippen molar-refractivity contribution >= 4 is 27.3 Å². The molecular weight excluding hydrogens is 368 g/mol. The predicted molar refractivity (Wildman–Crippen MR) is 106 cm³/mol. The van der Waals surface area contributed by atoms with Crippen molar-refractivity contribution in [1.82, 2.24) is 0 Å². The lowest BCUT2D eigenvalue weighted by Crippen LogP contribution is -2.35. The van der Waals surface area contributed by atoms with Gasteiger partial charge in [-0.1, -0.05) is 18.2 Å². The van der Waals surface area contributed by atoms with Crippen molar-refractivity contribution in [3.8, 4) is 11.5 Å². The summed E-state index contributed by atoms with van der Waals surface area (Å²) in [5, 5.41) is 0. The number of anilines is 2. The second-order valence-electron chi connectivity index (χ2n) is 5.91. The molecule has 0 saturated carbocycles. The number of carbonyl (C=O) groups excluding carboxylic acids is 1. The fourth-order valence-electron chi connectivity index (χ4n) is 2.63. The highest BCUT2D eigenvalue weighted by Gasteiger charge is 2.21. The highest BCUT2D eigenvalue weighted by molar-refractivity contribution is 7.92. The van der Waals surface area contributed by atoms with Crippen molar-refractivity contribution in [2.45, 2.75) is 6.42 Å². The van der Waals surface area contributed by atoms with Gasteiger partial charge in [0.05, 0.1) is 26.2 Å². The predicted octanol–water partition coefficient (Wildman–Crippen LogP) is 2.52. The number of ether oxygens (including phenoxy) is 2. The third kappa shape index (κ3) is 5.13. The van der Waals surface area contributed by atoms with Gasteiger partial charge in [-0.05, 0) is 24.3 Å². The Labute approximate surface area is 160 Å².